The molecule has 114 valence electrons. The molecule has 0 aliphatic heterocycles. The van der Waals surface area contributed by atoms with E-state index in [2.05, 4.69) is 6.92 Å². The van der Waals surface area contributed by atoms with Crippen molar-refractivity contribution in [3.8, 4) is 17.2 Å². The molecular formula is C15H25NO3S. The molecule has 0 bridgehead atoms. The normalized spacial score (nSPS) is 12.1. The molecule has 1 unspecified atom stereocenters. The van der Waals surface area contributed by atoms with Crippen molar-refractivity contribution in [2.24, 2.45) is 5.73 Å². The highest BCUT2D eigenvalue weighted by atomic mass is 32.2. The molecule has 0 aliphatic carbocycles. The summed E-state index contributed by atoms with van der Waals surface area (Å²) in [5.74, 6) is 4.10. The van der Waals surface area contributed by atoms with E-state index in [1.807, 2.05) is 30.8 Å². The Bertz CT molecular complexity index is 385. The van der Waals surface area contributed by atoms with Crippen LogP contribution in [0.1, 0.15) is 19.4 Å². The summed E-state index contributed by atoms with van der Waals surface area (Å²) in [4.78, 5) is 0. The van der Waals surface area contributed by atoms with Gasteiger partial charge in [0.15, 0.2) is 11.5 Å². The van der Waals surface area contributed by atoms with Gasteiger partial charge < -0.3 is 19.9 Å². The van der Waals surface area contributed by atoms with Gasteiger partial charge in [-0.05, 0) is 36.8 Å². The summed E-state index contributed by atoms with van der Waals surface area (Å²) in [6.45, 7) is 4.75. The van der Waals surface area contributed by atoms with E-state index in [9.17, 15) is 0 Å². The van der Waals surface area contributed by atoms with Gasteiger partial charge in [0.1, 0.15) is 0 Å². The summed E-state index contributed by atoms with van der Waals surface area (Å²) in [6, 6.07) is 4.03. The van der Waals surface area contributed by atoms with Gasteiger partial charge in [-0.1, -0.05) is 6.92 Å². The lowest BCUT2D eigenvalue weighted by atomic mass is 10.1. The molecule has 0 radical (unpaired) electrons. The Morgan fingerprint density at radius 1 is 1.20 bits per heavy atom. The van der Waals surface area contributed by atoms with Gasteiger partial charge in [0.25, 0.3) is 0 Å². The van der Waals surface area contributed by atoms with Crippen molar-refractivity contribution in [2.45, 2.75) is 26.3 Å². The second kappa shape index (κ2) is 8.97. The van der Waals surface area contributed by atoms with E-state index in [1.54, 1.807) is 14.2 Å². The summed E-state index contributed by atoms with van der Waals surface area (Å²) in [5, 5.41) is 0. The lowest BCUT2D eigenvalue weighted by Gasteiger charge is -2.16. The maximum Gasteiger partial charge on any atom is 0.203 e. The zero-order valence-corrected chi connectivity index (χ0v) is 13.6. The standard InChI is InChI=1S/C15H25NO3S/c1-5-20-7-6-19-15-13(17-3)9-12(8-11(2)16)10-14(15)18-4/h9-11H,5-8,16H2,1-4H3. The van der Waals surface area contributed by atoms with Crippen molar-refractivity contribution in [1.82, 2.24) is 0 Å². The minimum absolute atomic E-state index is 0.0946. The van der Waals surface area contributed by atoms with E-state index in [0.29, 0.717) is 23.9 Å². The molecule has 0 heterocycles. The van der Waals surface area contributed by atoms with Gasteiger partial charge in [0.2, 0.25) is 5.75 Å². The van der Waals surface area contributed by atoms with Gasteiger partial charge >= 0.3 is 0 Å². The van der Waals surface area contributed by atoms with Crippen molar-refractivity contribution in [3.63, 3.8) is 0 Å². The molecule has 1 aromatic carbocycles. The predicted molar refractivity (Wildman–Crippen MR) is 85.4 cm³/mol. The fourth-order valence-corrected chi connectivity index (χ4v) is 2.40. The zero-order valence-electron chi connectivity index (χ0n) is 12.8. The second-order valence-electron chi connectivity index (χ2n) is 4.56. The largest absolute Gasteiger partial charge is 0.493 e. The molecule has 1 aromatic rings. The molecule has 20 heavy (non-hydrogen) atoms. The van der Waals surface area contributed by atoms with Gasteiger partial charge in [-0.2, -0.15) is 11.8 Å². The van der Waals surface area contributed by atoms with Crippen LogP contribution in [0.2, 0.25) is 0 Å². The summed E-state index contributed by atoms with van der Waals surface area (Å²) in [7, 11) is 3.27. The van der Waals surface area contributed by atoms with Crippen LogP contribution in [0.25, 0.3) is 0 Å². The molecule has 0 aliphatic rings. The number of nitrogens with two attached hydrogens (primary N) is 1. The fourth-order valence-electron chi connectivity index (χ4n) is 1.91. The van der Waals surface area contributed by atoms with Crippen LogP contribution < -0.4 is 19.9 Å². The second-order valence-corrected chi connectivity index (χ2v) is 5.95. The van der Waals surface area contributed by atoms with E-state index in [0.717, 1.165) is 23.5 Å². The fraction of sp³-hybridized carbons (Fsp3) is 0.600. The highest BCUT2D eigenvalue weighted by Gasteiger charge is 2.14. The average molecular weight is 299 g/mol. The van der Waals surface area contributed by atoms with E-state index in [1.165, 1.54) is 0 Å². The minimum Gasteiger partial charge on any atom is -0.493 e. The van der Waals surface area contributed by atoms with Gasteiger partial charge in [-0.25, -0.2) is 0 Å². The van der Waals surface area contributed by atoms with Gasteiger partial charge in [-0.3, -0.25) is 0 Å². The van der Waals surface area contributed by atoms with Crippen LogP contribution in [0.5, 0.6) is 17.2 Å². The molecule has 0 amide bonds. The Morgan fingerprint density at radius 3 is 2.25 bits per heavy atom. The van der Waals surface area contributed by atoms with E-state index in [-0.39, 0.29) is 6.04 Å². The highest BCUT2D eigenvalue weighted by Crippen LogP contribution is 2.38. The minimum atomic E-state index is 0.0946. The lowest BCUT2D eigenvalue weighted by Crippen LogP contribution is -2.18. The Morgan fingerprint density at radius 2 is 1.80 bits per heavy atom. The summed E-state index contributed by atoms with van der Waals surface area (Å²) < 4.78 is 16.6. The van der Waals surface area contributed by atoms with Crippen LogP contribution in [-0.4, -0.2) is 38.4 Å². The molecule has 2 N–H and O–H groups in total. The first kappa shape index (κ1) is 17.0. The third-order valence-corrected chi connectivity index (χ3v) is 3.62. The van der Waals surface area contributed by atoms with Gasteiger partial charge in [0.05, 0.1) is 20.8 Å². The topological polar surface area (TPSA) is 53.7 Å². The monoisotopic (exact) mass is 299 g/mol. The molecule has 0 fully saturated rings. The Kier molecular flexibility index (Phi) is 7.62. The maximum absolute atomic E-state index is 5.84. The summed E-state index contributed by atoms with van der Waals surface area (Å²) in [5.41, 5.74) is 6.93. The number of benzene rings is 1. The SMILES string of the molecule is CCSCCOc1c(OC)cc(CC(C)N)cc1OC. The predicted octanol–water partition coefficient (Wildman–Crippen LogP) is 2.73. The van der Waals surface area contributed by atoms with Crippen LogP contribution in [0, 0.1) is 0 Å². The molecule has 1 rings (SSSR count). The van der Waals surface area contributed by atoms with Crippen molar-refractivity contribution < 1.29 is 14.2 Å². The first-order valence-corrected chi connectivity index (χ1v) is 7.98. The van der Waals surface area contributed by atoms with Crippen molar-refractivity contribution in [3.05, 3.63) is 17.7 Å². The number of hydrogen-bond acceptors (Lipinski definition) is 5. The molecule has 0 spiro atoms. The number of thioether (sulfide) groups is 1. The van der Waals surface area contributed by atoms with Crippen LogP contribution >= 0.6 is 11.8 Å². The number of methoxy groups -OCH3 is 2. The Labute approximate surface area is 126 Å². The highest BCUT2D eigenvalue weighted by molar-refractivity contribution is 7.99. The lowest BCUT2D eigenvalue weighted by molar-refractivity contribution is 0.290. The van der Waals surface area contributed by atoms with Crippen molar-refractivity contribution in [2.75, 3.05) is 32.3 Å². The number of hydrogen-bond donors (Lipinski definition) is 1. The summed E-state index contributed by atoms with van der Waals surface area (Å²) >= 11 is 1.84. The zero-order chi connectivity index (χ0) is 15.0. The Hall–Kier alpha value is -1.07. The molecule has 0 saturated heterocycles. The maximum atomic E-state index is 5.84. The molecule has 5 heteroatoms. The van der Waals surface area contributed by atoms with Crippen LogP contribution in [0.15, 0.2) is 12.1 Å². The quantitative estimate of drug-likeness (QED) is 0.711. The van der Waals surface area contributed by atoms with Crippen LogP contribution in [-0.2, 0) is 6.42 Å². The number of ether oxygens (including phenoxy) is 3. The third-order valence-electron chi connectivity index (χ3n) is 2.76. The number of rotatable bonds is 9. The van der Waals surface area contributed by atoms with E-state index < -0.39 is 0 Å². The molecular weight excluding hydrogens is 274 g/mol. The van der Waals surface area contributed by atoms with Gasteiger partial charge in [0, 0.05) is 11.8 Å². The van der Waals surface area contributed by atoms with Crippen molar-refractivity contribution in [1.29, 1.82) is 0 Å². The molecule has 0 aromatic heterocycles. The molecule has 4 nitrogen and oxygen atoms in total. The Balaban J connectivity index is 2.90. The van der Waals surface area contributed by atoms with Crippen LogP contribution in [0.4, 0.5) is 0 Å². The van der Waals surface area contributed by atoms with Crippen molar-refractivity contribution >= 4 is 11.8 Å². The molecule has 1 atom stereocenters. The van der Waals surface area contributed by atoms with Crippen LogP contribution in [0.3, 0.4) is 0 Å². The first-order valence-electron chi connectivity index (χ1n) is 6.83. The van der Waals surface area contributed by atoms with Gasteiger partial charge in [-0.15, -0.1) is 0 Å². The van der Waals surface area contributed by atoms with E-state index in [4.69, 9.17) is 19.9 Å². The smallest absolute Gasteiger partial charge is 0.203 e. The summed E-state index contributed by atoms with van der Waals surface area (Å²) in [6.07, 6.45) is 0.776. The average Bonchev–Trinajstić information content (AvgIpc) is 2.43. The molecule has 0 saturated carbocycles. The first-order chi connectivity index (χ1) is 9.62. The van der Waals surface area contributed by atoms with E-state index >= 15 is 0 Å². The third kappa shape index (κ3) is 5.13.